The van der Waals surface area contributed by atoms with Crippen LogP contribution in [0.15, 0.2) is 66.2 Å². The first kappa shape index (κ1) is 25.2. The Hall–Kier alpha value is -2.92. The number of pyridine rings is 1. The zero-order valence-electron chi connectivity index (χ0n) is 20.2. The van der Waals surface area contributed by atoms with Crippen molar-refractivity contribution in [2.24, 2.45) is 5.92 Å². The molecule has 1 aliphatic rings. The largest absolute Gasteiger partial charge is 0.487 e. The summed E-state index contributed by atoms with van der Waals surface area (Å²) in [6.07, 6.45) is 6.26. The lowest BCUT2D eigenvalue weighted by molar-refractivity contribution is 0.0731. The first-order valence-electron chi connectivity index (χ1n) is 11.6. The summed E-state index contributed by atoms with van der Waals surface area (Å²) in [4.78, 5) is 14.7. The Balaban J connectivity index is 1.72. The van der Waals surface area contributed by atoms with Crippen molar-refractivity contribution >= 4 is 10.0 Å². The van der Waals surface area contributed by atoms with Crippen LogP contribution >= 0.6 is 0 Å². The van der Waals surface area contributed by atoms with E-state index in [1.54, 1.807) is 43.7 Å². The van der Waals surface area contributed by atoms with Crippen LogP contribution in [0.4, 0.5) is 0 Å². The molecule has 0 radical (unpaired) electrons. The van der Waals surface area contributed by atoms with Gasteiger partial charge in [-0.3, -0.25) is 9.88 Å². The van der Waals surface area contributed by atoms with Gasteiger partial charge in [0.25, 0.3) is 0 Å². The van der Waals surface area contributed by atoms with Crippen LogP contribution in [0.25, 0.3) is 11.1 Å². The molecule has 0 saturated carbocycles. The highest BCUT2D eigenvalue weighted by Crippen LogP contribution is 2.36. The predicted octanol–water partition coefficient (Wildman–Crippen LogP) is 2.44. The first-order valence-corrected chi connectivity index (χ1v) is 13.0. The molecule has 3 heterocycles. The smallest absolute Gasteiger partial charge is 0.247 e. The number of hydrogen-bond donors (Lipinski definition) is 1. The molecule has 3 atom stereocenters. The van der Waals surface area contributed by atoms with E-state index in [1.807, 2.05) is 32.2 Å². The van der Waals surface area contributed by atoms with E-state index in [0.29, 0.717) is 13.1 Å². The van der Waals surface area contributed by atoms with E-state index in [-0.39, 0.29) is 35.8 Å². The van der Waals surface area contributed by atoms with Crippen molar-refractivity contribution in [3.8, 4) is 16.9 Å². The van der Waals surface area contributed by atoms with E-state index in [1.165, 1.54) is 10.6 Å². The fourth-order valence-electron chi connectivity index (χ4n) is 4.21. The number of ether oxygens (including phenoxy) is 1. The van der Waals surface area contributed by atoms with Gasteiger partial charge >= 0.3 is 0 Å². The van der Waals surface area contributed by atoms with Crippen LogP contribution in [0, 0.1) is 5.92 Å². The molecule has 1 aromatic carbocycles. The molecule has 0 aliphatic carbocycles. The highest BCUT2D eigenvalue weighted by molar-refractivity contribution is 7.89. The third-order valence-electron chi connectivity index (χ3n) is 6.21. The van der Waals surface area contributed by atoms with E-state index in [0.717, 1.165) is 16.8 Å². The Kier molecular flexibility index (Phi) is 7.75. The minimum Gasteiger partial charge on any atom is -0.487 e. The summed E-state index contributed by atoms with van der Waals surface area (Å²) in [6.45, 7) is 4.86. The molecular weight excluding hydrogens is 466 g/mol. The maximum atomic E-state index is 13.6. The molecule has 186 valence electrons. The molecule has 2 aromatic heterocycles. The molecule has 0 saturated heterocycles. The number of sulfonamides is 1. The van der Waals surface area contributed by atoms with Crippen molar-refractivity contribution in [3.63, 3.8) is 0 Å². The Morgan fingerprint density at radius 3 is 2.66 bits per heavy atom. The summed E-state index contributed by atoms with van der Waals surface area (Å²) in [5, 5.41) is 9.82. The minimum absolute atomic E-state index is 0.0858. The van der Waals surface area contributed by atoms with Crippen molar-refractivity contribution in [2.45, 2.75) is 37.4 Å². The van der Waals surface area contributed by atoms with E-state index in [4.69, 9.17) is 4.74 Å². The van der Waals surface area contributed by atoms with Gasteiger partial charge in [0, 0.05) is 55.7 Å². The van der Waals surface area contributed by atoms with E-state index < -0.39 is 16.1 Å². The summed E-state index contributed by atoms with van der Waals surface area (Å²) in [6, 6.07) is 10.3. The van der Waals surface area contributed by atoms with E-state index in [9.17, 15) is 13.5 Å². The van der Waals surface area contributed by atoms with Crippen molar-refractivity contribution in [3.05, 3.63) is 67.0 Å². The normalized spacial score (nSPS) is 20.9. The summed E-state index contributed by atoms with van der Waals surface area (Å²) in [5.41, 5.74) is 2.46. The average molecular weight is 498 g/mol. The molecule has 3 aromatic rings. The van der Waals surface area contributed by atoms with Gasteiger partial charge < -0.3 is 9.84 Å². The number of nitrogens with zero attached hydrogens (tertiary/aromatic N) is 5. The predicted molar refractivity (Wildman–Crippen MR) is 132 cm³/mol. The van der Waals surface area contributed by atoms with Crippen LogP contribution in [0.2, 0.25) is 0 Å². The van der Waals surface area contributed by atoms with Crippen LogP contribution in [0.1, 0.15) is 19.5 Å². The maximum absolute atomic E-state index is 13.6. The second-order valence-electron chi connectivity index (χ2n) is 9.05. The van der Waals surface area contributed by atoms with Crippen LogP contribution in [0.3, 0.4) is 0 Å². The Bertz CT molecular complexity index is 1230. The summed E-state index contributed by atoms with van der Waals surface area (Å²) >= 11 is 0. The quantitative estimate of drug-likeness (QED) is 0.530. The molecule has 1 N–H and O–H groups in total. The third-order valence-corrected chi connectivity index (χ3v) is 8.23. The van der Waals surface area contributed by atoms with Crippen LogP contribution in [0.5, 0.6) is 5.75 Å². The van der Waals surface area contributed by atoms with Gasteiger partial charge in [-0.15, -0.1) is 0 Å². The van der Waals surface area contributed by atoms with Crippen LogP contribution in [-0.2, 0) is 16.6 Å². The summed E-state index contributed by atoms with van der Waals surface area (Å²) < 4.78 is 35.1. The number of fused-ring (bicyclic) bond motifs is 1. The second kappa shape index (κ2) is 10.8. The monoisotopic (exact) mass is 497 g/mol. The lowest BCUT2D eigenvalue weighted by Gasteiger charge is -2.37. The molecular formula is C25H31N5O4S. The SMILES string of the molecule is C[C@H](CO)N1C[C@H](C)[C@@H](CN(C)Cc2ccccn2)Oc2cc(-c3cncnc3)ccc2S1(=O)=O. The number of aliphatic hydroxyl groups is 1. The molecule has 0 spiro atoms. The summed E-state index contributed by atoms with van der Waals surface area (Å²) in [7, 11) is -1.90. The van der Waals surface area contributed by atoms with Gasteiger partial charge in [-0.1, -0.05) is 19.1 Å². The molecule has 9 nitrogen and oxygen atoms in total. The van der Waals surface area contributed by atoms with Gasteiger partial charge in [0.1, 0.15) is 23.1 Å². The number of rotatable bonds is 7. The van der Waals surface area contributed by atoms with Gasteiger partial charge in [-0.05, 0) is 43.8 Å². The number of hydrogen-bond acceptors (Lipinski definition) is 8. The fraction of sp³-hybridized carbons (Fsp3) is 0.400. The zero-order valence-corrected chi connectivity index (χ0v) is 21.0. The van der Waals surface area contributed by atoms with Crippen molar-refractivity contribution in [1.29, 1.82) is 0 Å². The topological polar surface area (TPSA) is 109 Å². The number of benzene rings is 1. The van der Waals surface area contributed by atoms with Gasteiger partial charge in [-0.25, -0.2) is 18.4 Å². The molecule has 0 bridgehead atoms. The molecule has 0 unspecified atom stereocenters. The first-order chi connectivity index (χ1) is 16.8. The van der Waals surface area contributed by atoms with Gasteiger partial charge in [0.15, 0.2) is 0 Å². The zero-order chi connectivity index (χ0) is 25.0. The molecule has 0 amide bonds. The molecule has 35 heavy (non-hydrogen) atoms. The Labute approximate surface area is 206 Å². The maximum Gasteiger partial charge on any atom is 0.247 e. The van der Waals surface area contributed by atoms with Crippen LogP contribution in [-0.4, -0.2) is 76.6 Å². The van der Waals surface area contributed by atoms with Crippen molar-refractivity contribution in [1.82, 2.24) is 24.2 Å². The Morgan fingerprint density at radius 2 is 1.97 bits per heavy atom. The second-order valence-corrected chi connectivity index (χ2v) is 10.9. The fourth-order valence-corrected chi connectivity index (χ4v) is 6.04. The minimum atomic E-state index is -3.89. The molecule has 10 heteroatoms. The lowest BCUT2D eigenvalue weighted by Crippen LogP contribution is -2.49. The van der Waals surface area contributed by atoms with E-state index >= 15 is 0 Å². The number of aliphatic hydroxyl groups excluding tert-OH is 1. The Morgan fingerprint density at radius 1 is 1.20 bits per heavy atom. The van der Waals surface area contributed by atoms with Crippen LogP contribution < -0.4 is 4.74 Å². The molecule has 1 aliphatic heterocycles. The standard InChI is InChI=1S/C25H31N5O4S/c1-18-13-30(19(2)16-31)35(32,33)25-8-7-20(21-11-26-17-27-12-21)10-23(25)34-24(18)15-29(3)14-22-6-4-5-9-28-22/h4-12,17-19,24,31H,13-16H2,1-3H3/t18-,19+,24+/m0/s1. The third kappa shape index (κ3) is 5.67. The number of likely N-dealkylation sites (N-methyl/N-ethyl adjacent to an activating group) is 1. The van der Waals surface area contributed by atoms with Crippen molar-refractivity contribution < 1.29 is 18.3 Å². The highest BCUT2D eigenvalue weighted by Gasteiger charge is 2.38. The lowest BCUT2D eigenvalue weighted by atomic mass is 10.0. The highest BCUT2D eigenvalue weighted by atomic mass is 32.2. The van der Waals surface area contributed by atoms with Gasteiger partial charge in [0.2, 0.25) is 10.0 Å². The number of aromatic nitrogens is 3. The van der Waals surface area contributed by atoms with Gasteiger partial charge in [0.05, 0.1) is 12.3 Å². The molecule has 4 rings (SSSR count). The van der Waals surface area contributed by atoms with E-state index in [2.05, 4.69) is 19.9 Å². The summed E-state index contributed by atoms with van der Waals surface area (Å²) in [5.74, 6) is 0.145. The van der Waals surface area contributed by atoms with Crippen molar-refractivity contribution in [2.75, 3.05) is 26.7 Å². The molecule has 0 fully saturated rings. The average Bonchev–Trinajstić information content (AvgIpc) is 2.86. The van der Waals surface area contributed by atoms with Gasteiger partial charge in [-0.2, -0.15) is 4.31 Å².